The molecule has 2 aromatic carbocycles. The van der Waals surface area contributed by atoms with Gasteiger partial charge in [-0.2, -0.15) is 5.10 Å². The molecule has 0 radical (unpaired) electrons. The average molecular weight is 695 g/mol. The molecule has 2 aromatic heterocycles. The smallest absolute Gasteiger partial charge is 0.242 e. The van der Waals surface area contributed by atoms with Crippen LogP contribution in [-0.2, 0) is 32.6 Å². The molecule has 0 bridgehead atoms. The van der Waals surface area contributed by atoms with Gasteiger partial charge in [0, 0.05) is 40.7 Å². The highest BCUT2D eigenvalue weighted by molar-refractivity contribution is 7.22. The number of phenolic OH excluding ortho intramolecular Hbond substituents is 1. The van der Waals surface area contributed by atoms with E-state index in [0.717, 1.165) is 37.2 Å². The molecule has 12 heteroatoms. The molecule has 5 heterocycles. The van der Waals surface area contributed by atoms with Gasteiger partial charge < -0.3 is 9.84 Å². The fraction of sp³-hybridized carbons (Fsp3) is 0.324. The molecule has 2 saturated heterocycles. The summed E-state index contributed by atoms with van der Waals surface area (Å²) in [5, 5.41) is 19.2. The molecule has 49 heavy (non-hydrogen) atoms. The number of aromatic hydroxyl groups is 1. The van der Waals surface area contributed by atoms with Crippen LogP contribution in [-0.4, -0.2) is 38.5 Å². The number of hydrogen-bond acceptors (Lipinski definition) is 8. The van der Waals surface area contributed by atoms with Crippen molar-refractivity contribution in [1.82, 2.24) is 15.1 Å². The lowest BCUT2D eigenvalue weighted by atomic mass is 9.51. The number of amides is 4. The molecule has 3 aliphatic heterocycles. The van der Waals surface area contributed by atoms with E-state index in [-0.39, 0.29) is 35.8 Å². The molecule has 4 amide bonds. The normalized spacial score (nSPS) is 28.8. The van der Waals surface area contributed by atoms with Crippen molar-refractivity contribution in [2.24, 2.45) is 42.1 Å². The van der Waals surface area contributed by atoms with Crippen LogP contribution in [0.3, 0.4) is 0 Å². The maximum Gasteiger partial charge on any atom is 0.242 e. The number of carbonyl (C=O) groups is 4. The van der Waals surface area contributed by atoms with E-state index in [1.165, 1.54) is 4.90 Å². The van der Waals surface area contributed by atoms with Crippen LogP contribution < -0.4 is 15.0 Å². The van der Waals surface area contributed by atoms with Crippen LogP contribution in [0.25, 0.3) is 20.7 Å². The van der Waals surface area contributed by atoms with Gasteiger partial charge in [0.05, 0.1) is 34.3 Å². The fourth-order valence-electron chi connectivity index (χ4n) is 9.19. The largest absolute Gasteiger partial charge is 0.508 e. The van der Waals surface area contributed by atoms with E-state index in [0.29, 0.717) is 35.1 Å². The summed E-state index contributed by atoms with van der Waals surface area (Å²) < 4.78 is 8.70. The molecule has 3 fully saturated rings. The van der Waals surface area contributed by atoms with Crippen LogP contribution in [0.5, 0.6) is 11.5 Å². The highest BCUT2D eigenvalue weighted by Crippen LogP contribution is 2.62. The Morgan fingerprint density at radius 1 is 1.08 bits per heavy atom. The number of ether oxygens (including phenoxy) is 1. The standard InChI is InChI=1S/C37H31ClN4O6S/c1-16-23-12-19(38)4-9-28(23)49-32(16)26-14-29(41(3)40-26)42-35(46)25-13-24-21(6-7-22-30(24)34(45)39-33(22)44)31(37(25,2)36(42)47)18-10-17-11-20(43)5-8-27(17)48-15-18/h4-6,8-9,11-12,14-15,22,24-25,30-31,43H,7,10,13H2,1-3H3,(H,39,44,45)/t22-,24+,25-,30-,31-,37+/m0/s1. The molecular formula is C37H31ClN4O6S. The molecule has 9 rings (SSSR count). The summed E-state index contributed by atoms with van der Waals surface area (Å²) in [5.41, 5.74) is 2.85. The topological polar surface area (TPSA) is 131 Å². The molecule has 2 aliphatic carbocycles. The lowest BCUT2D eigenvalue weighted by Crippen LogP contribution is -2.51. The number of aromatic nitrogens is 2. The van der Waals surface area contributed by atoms with Crippen molar-refractivity contribution in [1.29, 1.82) is 0 Å². The molecule has 4 aromatic rings. The number of imide groups is 2. The molecule has 0 unspecified atom stereocenters. The Hall–Kier alpha value is -4.74. The first kappa shape index (κ1) is 30.3. The first-order valence-corrected chi connectivity index (χ1v) is 17.5. The minimum Gasteiger partial charge on any atom is -0.508 e. The molecule has 248 valence electrons. The van der Waals surface area contributed by atoms with Gasteiger partial charge >= 0.3 is 0 Å². The first-order valence-electron chi connectivity index (χ1n) is 16.3. The first-order chi connectivity index (χ1) is 23.4. The van der Waals surface area contributed by atoms with Crippen molar-refractivity contribution < 1.29 is 29.0 Å². The molecule has 2 N–H and O–H groups in total. The number of phenols is 1. The van der Waals surface area contributed by atoms with E-state index in [1.807, 2.05) is 38.1 Å². The minimum atomic E-state index is -1.22. The number of fused-ring (bicyclic) bond motifs is 6. The lowest BCUT2D eigenvalue weighted by Gasteiger charge is -2.49. The number of anilines is 1. The van der Waals surface area contributed by atoms with E-state index in [2.05, 4.69) is 5.32 Å². The predicted octanol–water partition coefficient (Wildman–Crippen LogP) is 5.84. The van der Waals surface area contributed by atoms with Gasteiger partial charge in [0.25, 0.3) is 0 Å². The van der Waals surface area contributed by atoms with E-state index in [4.69, 9.17) is 21.4 Å². The van der Waals surface area contributed by atoms with Crippen molar-refractivity contribution in [2.45, 2.75) is 33.1 Å². The Morgan fingerprint density at radius 2 is 1.90 bits per heavy atom. The highest BCUT2D eigenvalue weighted by atomic mass is 35.5. The third-order valence-electron chi connectivity index (χ3n) is 11.5. The highest BCUT2D eigenvalue weighted by Gasteiger charge is 2.67. The van der Waals surface area contributed by atoms with Gasteiger partial charge in [0.1, 0.15) is 23.0 Å². The number of hydrogen-bond donors (Lipinski definition) is 2. The number of benzene rings is 2. The Morgan fingerprint density at radius 3 is 2.71 bits per heavy atom. The van der Waals surface area contributed by atoms with Gasteiger partial charge in [-0.05, 0) is 85.5 Å². The second-order valence-electron chi connectivity index (χ2n) is 14.0. The molecule has 1 saturated carbocycles. The number of rotatable bonds is 3. The summed E-state index contributed by atoms with van der Waals surface area (Å²) in [6, 6.07) is 12.4. The number of nitrogens with one attached hydrogen (secondary N) is 1. The molecule has 0 spiro atoms. The summed E-state index contributed by atoms with van der Waals surface area (Å²) >= 11 is 7.87. The zero-order valence-electron chi connectivity index (χ0n) is 26.8. The zero-order valence-corrected chi connectivity index (χ0v) is 28.4. The third kappa shape index (κ3) is 4.15. The predicted molar refractivity (Wildman–Crippen MR) is 183 cm³/mol. The maximum absolute atomic E-state index is 15.0. The Balaban J connectivity index is 1.16. The molecule has 10 nitrogen and oxygen atoms in total. The Kier molecular flexibility index (Phi) is 6.43. The van der Waals surface area contributed by atoms with E-state index in [1.54, 1.807) is 53.6 Å². The van der Waals surface area contributed by atoms with Crippen molar-refractivity contribution in [3.63, 3.8) is 0 Å². The van der Waals surface area contributed by atoms with Crippen LogP contribution in [0, 0.1) is 41.9 Å². The molecular weight excluding hydrogens is 664 g/mol. The van der Waals surface area contributed by atoms with Crippen LogP contribution in [0.4, 0.5) is 5.82 Å². The third-order valence-corrected chi connectivity index (χ3v) is 13.0. The Bertz CT molecular complexity index is 2270. The molecule has 5 aliphatic rings. The van der Waals surface area contributed by atoms with Gasteiger partial charge in [-0.25, -0.2) is 4.90 Å². The summed E-state index contributed by atoms with van der Waals surface area (Å²) in [6.07, 6.45) is 4.67. The number of allylic oxidation sites excluding steroid dienone is 3. The SMILES string of the molecule is Cc1c(-c2cc(N3C(=O)[C@@H]4C[C@@H]5C(=CC[C@@H]6C(=O)NC(=O)[C@@H]65)[C@H](C5=COc6ccc(O)cc6C5)[C@]4(C)C3=O)n(C)n2)sc2ccc(Cl)cc12. The van der Waals surface area contributed by atoms with Crippen molar-refractivity contribution >= 4 is 62.5 Å². The average Bonchev–Trinajstić information content (AvgIpc) is 3.75. The van der Waals surface area contributed by atoms with E-state index < -0.39 is 35.0 Å². The molecule has 6 atom stereocenters. The summed E-state index contributed by atoms with van der Waals surface area (Å²) in [7, 11) is 1.73. The van der Waals surface area contributed by atoms with Crippen molar-refractivity contribution in [2.75, 3.05) is 4.90 Å². The van der Waals surface area contributed by atoms with Crippen LogP contribution in [0.2, 0.25) is 5.02 Å². The number of carbonyl (C=O) groups excluding carboxylic acids is 4. The fourth-order valence-corrected chi connectivity index (χ4v) is 10.5. The van der Waals surface area contributed by atoms with Crippen molar-refractivity contribution in [3.05, 3.63) is 82.1 Å². The van der Waals surface area contributed by atoms with Crippen LogP contribution in [0.15, 0.2) is 65.9 Å². The van der Waals surface area contributed by atoms with Gasteiger partial charge in [-0.3, -0.25) is 29.2 Å². The van der Waals surface area contributed by atoms with Crippen molar-refractivity contribution in [3.8, 4) is 22.1 Å². The number of nitrogens with zero attached hydrogens (tertiary/aromatic N) is 3. The monoisotopic (exact) mass is 694 g/mol. The second kappa shape index (κ2) is 10.4. The van der Waals surface area contributed by atoms with Gasteiger partial charge in [-0.15, -0.1) is 11.3 Å². The quantitative estimate of drug-likeness (QED) is 0.204. The minimum absolute atomic E-state index is 0.0948. The zero-order chi connectivity index (χ0) is 34.1. The maximum atomic E-state index is 15.0. The Labute approximate surface area is 290 Å². The summed E-state index contributed by atoms with van der Waals surface area (Å²) in [6.45, 7) is 3.86. The second-order valence-corrected chi connectivity index (χ2v) is 15.5. The van der Waals surface area contributed by atoms with Crippen LogP contribution >= 0.6 is 22.9 Å². The van der Waals surface area contributed by atoms with E-state index >= 15 is 0 Å². The number of aryl methyl sites for hydroxylation is 2. The van der Waals surface area contributed by atoms with Gasteiger partial charge in [0.15, 0.2) is 0 Å². The summed E-state index contributed by atoms with van der Waals surface area (Å²) in [4.78, 5) is 57.9. The number of halogens is 1. The lowest BCUT2D eigenvalue weighted by molar-refractivity contribution is -0.132. The van der Waals surface area contributed by atoms with E-state index in [9.17, 15) is 24.3 Å². The van der Waals surface area contributed by atoms with Gasteiger partial charge in [-0.1, -0.05) is 23.3 Å². The van der Waals surface area contributed by atoms with Crippen LogP contribution in [0.1, 0.15) is 30.9 Å². The number of thiophene rings is 1. The van der Waals surface area contributed by atoms with Gasteiger partial charge in [0.2, 0.25) is 23.6 Å². The summed E-state index contributed by atoms with van der Waals surface area (Å²) in [5.74, 6) is -3.16.